The van der Waals surface area contributed by atoms with E-state index in [1.807, 2.05) is 4.90 Å². The third kappa shape index (κ3) is 5.40. The second kappa shape index (κ2) is 11.3. The van der Waals surface area contributed by atoms with Crippen molar-refractivity contribution < 1.29 is 27.9 Å². The molecule has 0 saturated carbocycles. The smallest absolute Gasteiger partial charge is 0.253 e. The predicted octanol–water partition coefficient (Wildman–Crippen LogP) is 2.66. The first-order valence-corrected chi connectivity index (χ1v) is 12.4. The van der Waals surface area contributed by atoms with Gasteiger partial charge >= 0.3 is 0 Å². The van der Waals surface area contributed by atoms with Gasteiger partial charge in [-0.05, 0) is 18.2 Å². The zero-order valence-corrected chi connectivity index (χ0v) is 21.1. The maximum atomic E-state index is 14.5. The first-order chi connectivity index (χ1) is 18.4. The van der Waals surface area contributed by atoms with Crippen molar-refractivity contribution in [3.8, 4) is 17.0 Å². The molecule has 0 radical (unpaired) electrons. The fourth-order valence-corrected chi connectivity index (χ4v) is 4.48. The summed E-state index contributed by atoms with van der Waals surface area (Å²) in [7, 11) is 1.52. The predicted molar refractivity (Wildman–Crippen MR) is 138 cm³/mol. The van der Waals surface area contributed by atoms with E-state index in [0.29, 0.717) is 37.0 Å². The highest BCUT2D eigenvalue weighted by atomic mass is 19.1. The van der Waals surface area contributed by atoms with E-state index in [2.05, 4.69) is 10.1 Å². The van der Waals surface area contributed by atoms with Crippen LogP contribution in [0.25, 0.3) is 11.3 Å². The van der Waals surface area contributed by atoms with E-state index in [1.54, 1.807) is 30.3 Å². The molecule has 2 fully saturated rings. The number of piperazine rings is 1. The van der Waals surface area contributed by atoms with Crippen LogP contribution in [0.1, 0.15) is 21.7 Å². The lowest BCUT2D eigenvalue weighted by molar-refractivity contribution is -0.0746. The number of nitrogen functional groups attached to an aromatic ring is 1. The molecule has 0 atom stereocenters. The zero-order valence-electron chi connectivity index (χ0n) is 21.1. The molecular formula is C27H30FN5O5. The van der Waals surface area contributed by atoms with Crippen molar-refractivity contribution in [1.82, 2.24) is 15.0 Å². The van der Waals surface area contributed by atoms with Crippen molar-refractivity contribution in [1.29, 1.82) is 5.41 Å². The molecule has 3 aromatic rings. The summed E-state index contributed by atoms with van der Waals surface area (Å²) in [4.78, 5) is 17.2. The molecule has 2 aliphatic heterocycles. The molecule has 1 amide bonds. The number of nitrogens with one attached hydrogen (secondary N) is 1. The Balaban J connectivity index is 1.23. The molecular weight excluding hydrogens is 493 g/mol. The third-order valence-corrected chi connectivity index (χ3v) is 6.84. The van der Waals surface area contributed by atoms with Gasteiger partial charge < -0.3 is 29.4 Å². The van der Waals surface area contributed by atoms with Gasteiger partial charge in [-0.3, -0.25) is 15.1 Å². The monoisotopic (exact) mass is 523 g/mol. The van der Waals surface area contributed by atoms with Gasteiger partial charge in [0.15, 0.2) is 17.3 Å². The van der Waals surface area contributed by atoms with Crippen LogP contribution < -0.4 is 10.5 Å². The summed E-state index contributed by atoms with van der Waals surface area (Å²) in [6.07, 6.45) is 0. The fraction of sp³-hybridized carbons (Fsp3) is 0.370. The largest absolute Gasteiger partial charge is 0.488 e. The average molecular weight is 524 g/mol. The second-order valence-electron chi connectivity index (χ2n) is 9.26. The molecule has 0 bridgehead atoms. The summed E-state index contributed by atoms with van der Waals surface area (Å²) < 4.78 is 35.4. The molecule has 2 aromatic carbocycles. The Morgan fingerprint density at radius 3 is 2.53 bits per heavy atom. The number of aromatic nitrogens is 1. The summed E-state index contributed by atoms with van der Waals surface area (Å²) in [6.45, 7) is 5.12. The third-order valence-electron chi connectivity index (χ3n) is 6.84. The van der Waals surface area contributed by atoms with Crippen LogP contribution in [0.15, 0.2) is 47.0 Å². The number of carbonyl (C=O) groups is 1. The lowest BCUT2D eigenvalue weighted by atomic mass is 10.0. The van der Waals surface area contributed by atoms with E-state index >= 15 is 0 Å². The van der Waals surface area contributed by atoms with Crippen molar-refractivity contribution in [3.05, 3.63) is 65.2 Å². The number of ether oxygens (including phenoxy) is 3. The second-order valence-corrected chi connectivity index (χ2v) is 9.26. The Bertz CT molecular complexity index is 1300. The summed E-state index contributed by atoms with van der Waals surface area (Å²) >= 11 is 0. The van der Waals surface area contributed by atoms with Crippen molar-refractivity contribution >= 4 is 17.3 Å². The molecule has 10 nitrogen and oxygen atoms in total. The van der Waals surface area contributed by atoms with Gasteiger partial charge in [-0.2, -0.15) is 0 Å². The lowest BCUT2D eigenvalue weighted by Crippen LogP contribution is -2.57. The van der Waals surface area contributed by atoms with Gasteiger partial charge in [0.05, 0.1) is 25.9 Å². The number of hydrogen-bond acceptors (Lipinski definition) is 9. The van der Waals surface area contributed by atoms with Crippen molar-refractivity contribution in [2.45, 2.75) is 6.04 Å². The fourth-order valence-electron chi connectivity index (χ4n) is 4.48. The Morgan fingerprint density at radius 1 is 1.13 bits per heavy atom. The number of benzene rings is 2. The summed E-state index contributed by atoms with van der Waals surface area (Å²) in [5.41, 5.74) is 8.10. The first-order valence-electron chi connectivity index (χ1n) is 12.4. The van der Waals surface area contributed by atoms with Crippen LogP contribution >= 0.6 is 0 Å². The van der Waals surface area contributed by atoms with Crippen LogP contribution in [0.4, 0.5) is 10.1 Å². The van der Waals surface area contributed by atoms with Crippen LogP contribution in [0.5, 0.6) is 5.75 Å². The molecule has 2 aliphatic rings. The van der Waals surface area contributed by atoms with Gasteiger partial charge in [0, 0.05) is 67.8 Å². The Labute approximate surface area is 219 Å². The molecule has 200 valence electrons. The number of anilines is 1. The van der Waals surface area contributed by atoms with Crippen LogP contribution in [0, 0.1) is 11.2 Å². The number of hydrogen-bond donors (Lipinski definition) is 2. The number of carbonyl (C=O) groups excluding carboxylic acids is 1. The highest BCUT2D eigenvalue weighted by Crippen LogP contribution is 2.28. The number of halogens is 1. The molecule has 38 heavy (non-hydrogen) atoms. The molecule has 0 spiro atoms. The summed E-state index contributed by atoms with van der Waals surface area (Å²) in [5.74, 6) is -0.530. The molecule has 1 aromatic heterocycles. The minimum Gasteiger partial charge on any atom is -0.488 e. The maximum absolute atomic E-state index is 14.5. The Morgan fingerprint density at radius 2 is 1.87 bits per heavy atom. The molecule has 3 N–H and O–H groups in total. The quantitative estimate of drug-likeness (QED) is 0.249. The van der Waals surface area contributed by atoms with Crippen LogP contribution in [0.2, 0.25) is 0 Å². The van der Waals surface area contributed by atoms with E-state index in [-0.39, 0.29) is 41.0 Å². The molecule has 2 saturated heterocycles. The molecule has 0 unspecified atom stereocenters. The van der Waals surface area contributed by atoms with Gasteiger partial charge in [0.1, 0.15) is 18.0 Å². The van der Waals surface area contributed by atoms with Crippen LogP contribution in [-0.4, -0.2) is 92.3 Å². The van der Waals surface area contributed by atoms with E-state index in [0.717, 1.165) is 37.9 Å². The van der Waals surface area contributed by atoms with E-state index < -0.39 is 5.82 Å². The Hall–Kier alpha value is -3.80. The normalized spacial score (nSPS) is 16.3. The van der Waals surface area contributed by atoms with E-state index in [1.165, 1.54) is 13.2 Å². The van der Waals surface area contributed by atoms with Gasteiger partial charge in [-0.25, -0.2) is 4.39 Å². The SMILES string of the molecule is COCCOc1cc(N)c(C(=N)c2cc(-c3ccc(C(=O)N4CCN(C5COC5)CC4)cc3)no2)cc1F. The average Bonchev–Trinajstić information content (AvgIpc) is 3.40. The van der Waals surface area contributed by atoms with Crippen molar-refractivity contribution in [3.63, 3.8) is 0 Å². The molecule has 5 rings (SSSR count). The minimum atomic E-state index is -0.645. The highest BCUT2D eigenvalue weighted by Gasteiger charge is 2.30. The number of rotatable bonds is 9. The lowest BCUT2D eigenvalue weighted by Gasteiger charge is -2.42. The Kier molecular flexibility index (Phi) is 7.68. The van der Waals surface area contributed by atoms with Gasteiger partial charge in [0.2, 0.25) is 0 Å². The van der Waals surface area contributed by atoms with Gasteiger partial charge in [-0.15, -0.1) is 0 Å². The highest BCUT2D eigenvalue weighted by molar-refractivity contribution is 6.12. The standard InChI is InChI=1S/C27H30FN5O5/c1-35-10-11-37-24-13-22(29)20(12-21(24)28)26(30)25-14-23(31-38-25)17-2-4-18(5-3-17)27(34)33-8-6-32(7-9-33)19-15-36-16-19/h2-5,12-14,19,30H,6-11,15-16,29H2,1H3. The minimum absolute atomic E-state index is 0.00386. The van der Waals surface area contributed by atoms with Crippen molar-refractivity contribution in [2.24, 2.45) is 0 Å². The number of nitrogens with zero attached hydrogens (tertiary/aromatic N) is 3. The molecule has 0 aliphatic carbocycles. The maximum Gasteiger partial charge on any atom is 0.253 e. The van der Waals surface area contributed by atoms with Gasteiger partial charge in [0.25, 0.3) is 5.91 Å². The zero-order chi connectivity index (χ0) is 26.6. The molecule has 11 heteroatoms. The van der Waals surface area contributed by atoms with Crippen LogP contribution in [0.3, 0.4) is 0 Å². The number of amides is 1. The number of methoxy groups -OCH3 is 1. The van der Waals surface area contributed by atoms with E-state index in [9.17, 15) is 9.18 Å². The number of nitrogens with two attached hydrogens (primary N) is 1. The van der Waals surface area contributed by atoms with Crippen LogP contribution in [-0.2, 0) is 9.47 Å². The summed E-state index contributed by atoms with van der Waals surface area (Å²) in [6, 6.07) is 11.7. The van der Waals surface area contributed by atoms with E-state index in [4.69, 9.17) is 29.9 Å². The van der Waals surface area contributed by atoms with Gasteiger partial charge in [-0.1, -0.05) is 17.3 Å². The summed E-state index contributed by atoms with van der Waals surface area (Å²) in [5, 5.41) is 12.5. The topological polar surface area (TPSA) is 127 Å². The van der Waals surface area contributed by atoms with Crippen molar-refractivity contribution in [2.75, 3.05) is 65.5 Å². The molecule has 3 heterocycles. The first kappa shape index (κ1) is 25.8.